The highest BCUT2D eigenvalue weighted by molar-refractivity contribution is 8.00. The third-order valence-electron chi connectivity index (χ3n) is 8.00. The van der Waals surface area contributed by atoms with E-state index in [0.29, 0.717) is 48.9 Å². The van der Waals surface area contributed by atoms with Crippen molar-refractivity contribution in [3.8, 4) is 16.9 Å². The van der Waals surface area contributed by atoms with Gasteiger partial charge in [0.1, 0.15) is 24.0 Å². The maximum absolute atomic E-state index is 15.4. The van der Waals surface area contributed by atoms with Crippen LogP contribution in [0, 0.1) is 18.6 Å². The summed E-state index contributed by atoms with van der Waals surface area (Å²) in [4.78, 5) is 44.3. The van der Waals surface area contributed by atoms with E-state index < -0.39 is 16.9 Å². The second kappa shape index (κ2) is 12.2. The van der Waals surface area contributed by atoms with Crippen molar-refractivity contribution >= 4 is 35.3 Å². The Morgan fingerprint density at radius 1 is 0.932 bits per heavy atom. The number of rotatable bonds is 5. The second-order valence-corrected chi connectivity index (χ2v) is 12.0. The van der Waals surface area contributed by atoms with Gasteiger partial charge in [-0.3, -0.25) is 19.3 Å². The zero-order valence-corrected chi connectivity index (χ0v) is 25.2. The Kier molecular flexibility index (Phi) is 8.22. The number of piperazine rings is 1. The van der Waals surface area contributed by atoms with Crippen LogP contribution in [0.3, 0.4) is 0 Å². The molecule has 3 amide bonds. The largest absolute Gasteiger partial charge is 0.339 e. The summed E-state index contributed by atoms with van der Waals surface area (Å²) in [5, 5.41) is 4.30. The molecule has 1 saturated heterocycles. The fraction of sp³-hybridized carbons (Fsp3) is 0.273. The standard InChI is InChI=1S/C33H31F2N5O3S/c1-21-7-6-10-25(17-21)40-33-30(31(36-40)23-8-4-3-5-9-23)32(26-12-11-24(34)18-27(26)35)44-20-29(43)39(33)19-28(42)38-15-13-37(14-16-38)22(2)41/h3-12,17-18,32H,13-16,19-20H2,1-2H3/t32-/m0/s1. The molecule has 1 fully saturated rings. The number of aryl methyl sites for hydroxylation is 1. The van der Waals surface area contributed by atoms with Crippen LogP contribution >= 0.6 is 11.8 Å². The molecule has 44 heavy (non-hydrogen) atoms. The molecular formula is C33H31F2N5O3S. The lowest BCUT2D eigenvalue weighted by Crippen LogP contribution is -2.53. The van der Waals surface area contributed by atoms with E-state index in [9.17, 15) is 18.8 Å². The predicted octanol–water partition coefficient (Wildman–Crippen LogP) is 4.99. The van der Waals surface area contributed by atoms with E-state index >= 15 is 4.39 Å². The van der Waals surface area contributed by atoms with Crippen LogP contribution in [-0.2, 0) is 14.4 Å². The molecule has 226 valence electrons. The van der Waals surface area contributed by atoms with Crippen molar-refractivity contribution in [2.75, 3.05) is 43.4 Å². The van der Waals surface area contributed by atoms with Gasteiger partial charge in [-0.2, -0.15) is 5.10 Å². The maximum atomic E-state index is 15.4. The highest BCUT2D eigenvalue weighted by Crippen LogP contribution is 2.49. The molecule has 0 spiro atoms. The van der Waals surface area contributed by atoms with Crippen molar-refractivity contribution in [2.24, 2.45) is 0 Å². The molecule has 0 saturated carbocycles. The summed E-state index contributed by atoms with van der Waals surface area (Å²) in [6, 6.07) is 20.5. The van der Waals surface area contributed by atoms with Crippen LogP contribution in [0.2, 0.25) is 0 Å². The molecule has 1 atom stereocenters. The van der Waals surface area contributed by atoms with Gasteiger partial charge in [0.2, 0.25) is 17.7 Å². The third kappa shape index (κ3) is 5.71. The number of hydrogen-bond acceptors (Lipinski definition) is 5. The van der Waals surface area contributed by atoms with Gasteiger partial charge in [-0.25, -0.2) is 13.5 Å². The number of carbonyl (C=O) groups excluding carboxylic acids is 3. The monoisotopic (exact) mass is 615 g/mol. The van der Waals surface area contributed by atoms with E-state index in [4.69, 9.17) is 5.10 Å². The molecule has 1 aromatic heterocycles. The fourth-order valence-electron chi connectivity index (χ4n) is 5.73. The van der Waals surface area contributed by atoms with Gasteiger partial charge in [-0.1, -0.05) is 48.5 Å². The highest BCUT2D eigenvalue weighted by Gasteiger charge is 2.39. The molecule has 3 heterocycles. The minimum Gasteiger partial charge on any atom is -0.339 e. The lowest BCUT2D eigenvalue weighted by atomic mass is 9.99. The van der Waals surface area contributed by atoms with Gasteiger partial charge < -0.3 is 9.80 Å². The van der Waals surface area contributed by atoms with E-state index in [1.54, 1.807) is 14.5 Å². The Labute approximate surface area is 258 Å². The number of thioether (sulfide) groups is 1. The van der Waals surface area contributed by atoms with Gasteiger partial charge in [0.25, 0.3) is 0 Å². The second-order valence-electron chi connectivity index (χ2n) is 10.9. The van der Waals surface area contributed by atoms with E-state index in [-0.39, 0.29) is 35.6 Å². The summed E-state index contributed by atoms with van der Waals surface area (Å²) in [5.74, 6) is -1.73. The predicted molar refractivity (Wildman–Crippen MR) is 166 cm³/mol. The summed E-state index contributed by atoms with van der Waals surface area (Å²) < 4.78 is 31.1. The summed E-state index contributed by atoms with van der Waals surface area (Å²) in [5.41, 5.74) is 3.71. The van der Waals surface area contributed by atoms with Gasteiger partial charge >= 0.3 is 0 Å². The SMILES string of the molecule is CC(=O)N1CCN(C(=O)CN2C(=O)CS[C@@H](c3ccc(F)cc3F)c3c(-c4ccccc4)nn(-c4cccc(C)c4)c32)CC1. The molecular weight excluding hydrogens is 584 g/mol. The molecule has 4 aromatic rings. The minimum atomic E-state index is -0.726. The van der Waals surface area contributed by atoms with E-state index in [1.807, 2.05) is 61.5 Å². The molecule has 8 nitrogen and oxygen atoms in total. The van der Waals surface area contributed by atoms with Gasteiger partial charge in [-0.05, 0) is 30.7 Å². The summed E-state index contributed by atoms with van der Waals surface area (Å²) in [6.07, 6.45) is 0. The average molecular weight is 616 g/mol. The van der Waals surface area contributed by atoms with Crippen LogP contribution in [0.5, 0.6) is 0 Å². The Balaban J connectivity index is 1.53. The van der Waals surface area contributed by atoms with Crippen molar-refractivity contribution in [1.82, 2.24) is 19.6 Å². The molecule has 2 aliphatic rings. The Hall–Kier alpha value is -4.51. The Morgan fingerprint density at radius 3 is 2.34 bits per heavy atom. The number of nitrogens with zero attached hydrogens (tertiary/aromatic N) is 5. The first-order valence-corrected chi connectivity index (χ1v) is 15.4. The lowest BCUT2D eigenvalue weighted by Gasteiger charge is -2.35. The first-order chi connectivity index (χ1) is 21.2. The fourth-order valence-corrected chi connectivity index (χ4v) is 6.95. The smallest absolute Gasteiger partial charge is 0.242 e. The van der Waals surface area contributed by atoms with Gasteiger partial charge in [0.15, 0.2) is 0 Å². The van der Waals surface area contributed by atoms with Gasteiger partial charge in [0, 0.05) is 55.9 Å². The number of anilines is 1. The van der Waals surface area contributed by atoms with Crippen molar-refractivity contribution in [1.29, 1.82) is 0 Å². The number of fused-ring (bicyclic) bond motifs is 1. The van der Waals surface area contributed by atoms with E-state index in [2.05, 4.69) is 0 Å². The number of aromatic nitrogens is 2. The first kappa shape index (κ1) is 29.6. The van der Waals surface area contributed by atoms with Crippen molar-refractivity contribution < 1.29 is 23.2 Å². The molecule has 0 aliphatic carbocycles. The van der Waals surface area contributed by atoms with Crippen LogP contribution in [0.15, 0.2) is 72.8 Å². The summed E-state index contributed by atoms with van der Waals surface area (Å²) in [6.45, 7) is 4.75. The molecule has 6 rings (SSSR count). The third-order valence-corrected chi connectivity index (χ3v) is 9.24. The van der Waals surface area contributed by atoms with Crippen LogP contribution in [0.1, 0.15) is 28.9 Å². The number of halogens is 2. The summed E-state index contributed by atoms with van der Waals surface area (Å²) in [7, 11) is 0. The zero-order valence-electron chi connectivity index (χ0n) is 24.4. The van der Waals surface area contributed by atoms with Crippen LogP contribution in [0.25, 0.3) is 16.9 Å². The van der Waals surface area contributed by atoms with E-state index in [1.165, 1.54) is 35.7 Å². The van der Waals surface area contributed by atoms with Gasteiger partial charge in [-0.15, -0.1) is 11.8 Å². The molecule has 11 heteroatoms. The quantitative estimate of drug-likeness (QED) is 0.316. The van der Waals surface area contributed by atoms with Crippen molar-refractivity contribution in [3.05, 3.63) is 101 Å². The molecule has 2 aliphatic heterocycles. The first-order valence-electron chi connectivity index (χ1n) is 14.4. The Bertz CT molecular complexity index is 1740. The maximum Gasteiger partial charge on any atom is 0.242 e. The molecule has 0 bridgehead atoms. The molecule has 0 unspecified atom stereocenters. The van der Waals surface area contributed by atoms with E-state index in [0.717, 1.165) is 17.2 Å². The van der Waals surface area contributed by atoms with Crippen LogP contribution in [-0.4, -0.2) is 75.8 Å². The number of benzene rings is 3. The number of carbonyl (C=O) groups is 3. The topological polar surface area (TPSA) is 78.8 Å². The minimum absolute atomic E-state index is 0.0381. The molecule has 0 radical (unpaired) electrons. The van der Waals surface area contributed by atoms with Crippen molar-refractivity contribution in [2.45, 2.75) is 19.1 Å². The molecule has 0 N–H and O–H groups in total. The highest BCUT2D eigenvalue weighted by atomic mass is 32.2. The van der Waals surface area contributed by atoms with Crippen molar-refractivity contribution in [3.63, 3.8) is 0 Å². The number of hydrogen-bond donors (Lipinski definition) is 0. The summed E-state index contributed by atoms with van der Waals surface area (Å²) >= 11 is 1.22. The van der Waals surface area contributed by atoms with Crippen LogP contribution < -0.4 is 4.90 Å². The Morgan fingerprint density at radius 2 is 1.66 bits per heavy atom. The van der Waals surface area contributed by atoms with Gasteiger partial charge in [0.05, 0.1) is 22.4 Å². The number of amides is 3. The normalized spacial score (nSPS) is 17.0. The lowest BCUT2D eigenvalue weighted by molar-refractivity contribution is -0.137. The van der Waals surface area contributed by atoms with Crippen LogP contribution in [0.4, 0.5) is 14.6 Å². The zero-order chi connectivity index (χ0) is 31.0. The molecule has 3 aromatic carbocycles. The average Bonchev–Trinajstić information content (AvgIpc) is 3.35.